The van der Waals surface area contributed by atoms with Crippen molar-refractivity contribution in [1.29, 1.82) is 0 Å². The Bertz CT molecular complexity index is 665. The highest BCUT2D eigenvalue weighted by atomic mass is 16.3. The van der Waals surface area contributed by atoms with Crippen LogP contribution in [-0.4, -0.2) is 38.2 Å². The summed E-state index contributed by atoms with van der Waals surface area (Å²) in [5, 5.41) is 11.8. The van der Waals surface area contributed by atoms with E-state index in [1.807, 2.05) is 19.2 Å². The van der Waals surface area contributed by atoms with Gasteiger partial charge in [0, 0.05) is 12.7 Å². The van der Waals surface area contributed by atoms with E-state index < -0.39 is 5.60 Å². The highest BCUT2D eigenvalue weighted by molar-refractivity contribution is 5.92. The zero-order chi connectivity index (χ0) is 13.7. The third kappa shape index (κ3) is 1.62. The number of pyridine rings is 1. The molecule has 1 saturated heterocycles. The van der Waals surface area contributed by atoms with Crippen molar-refractivity contribution in [3.63, 3.8) is 0 Å². The maximum absolute atomic E-state index is 10.7. The molecular weight excluding hydrogens is 252 g/mol. The summed E-state index contributed by atoms with van der Waals surface area (Å²) < 4.78 is 0. The fourth-order valence-electron chi connectivity index (χ4n) is 3.72. The van der Waals surface area contributed by atoms with Crippen LogP contribution in [-0.2, 0) is 6.42 Å². The molecule has 20 heavy (non-hydrogen) atoms. The van der Waals surface area contributed by atoms with Gasteiger partial charge in [0.25, 0.3) is 0 Å². The van der Waals surface area contributed by atoms with Crippen LogP contribution in [0.4, 0.5) is 5.82 Å². The number of anilines is 1. The van der Waals surface area contributed by atoms with Crippen molar-refractivity contribution < 1.29 is 5.11 Å². The highest BCUT2D eigenvalue weighted by Gasteiger charge is 2.41. The van der Waals surface area contributed by atoms with E-state index in [-0.39, 0.29) is 6.04 Å². The van der Waals surface area contributed by atoms with Crippen LogP contribution in [0.25, 0.3) is 10.9 Å². The van der Waals surface area contributed by atoms with Crippen LogP contribution in [0.1, 0.15) is 31.9 Å². The first-order valence-corrected chi connectivity index (χ1v) is 7.24. The normalized spacial score (nSPS) is 29.1. The van der Waals surface area contributed by atoms with E-state index in [0.29, 0.717) is 0 Å². The lowest BCUT2D eigenvalue weighted by Crippen LogP contribution is -2.55. The second-order valence-corrected chi connectivity index (χ2v) is 6.06. The van der Waals surface area contributed by atoms with Gasteiger partial charge in [-0.2, -0.15) is 0 Å². The summed E-state index contributed by atoms with van der Waals surface area (Å²) in [6.07, 6.45) is 7.06. The van der Waals surface area contributed by atoms with Gasteiger partial charge in [0.2, 0.25) is 0 Å². The number of fused-ring (bicyclic) bond motifs is 2. The Balaban J connectivity index is 1.95. The summed E-state index contributed by atoms with van der Waals surface area (Å²) in [7, 11) is 0. The number of aliphatic hydroxyl groups is 1. The van der Waals surface area contributed by atoms with Crippen molar-refractivity contribution in [2.24, 2.45) is 0 Å². The Hall–Kier alpha value is -1.75. The molecule has 2 unspecified atom stereocenters. The molecule has 5 nitrogen and oxygen atoms in total. The third-order valence-electron chi connectivity index (χ3n) is 4.71. The molecule has 2 aromatic rings. The molecule has 2 aromatic heterocycles. The standard InChI is InChI=1S/C15H18N4O/c1-15(20)6-2-8-19-12(15)4-3-10-13-11(5-7-16-10)17-9-18-14(13)19/h5,7,9,12,20H,2-4,6,8H2,1H3. The summed E-state index contributed by atoms with van der Waals surface area (Å²) >= 11 is 0. The first-order chi connectivity index (χ1) is 9.67. The summed E-state index contributed by atoms with van der Waals surface area (Å²) in [5.74, 6) is 0.945. The van der Waals surface area contributed by atoms with Crippen molar-refractivity contribution in [3.8, 4) is 0 Å². The van der Waals surface area contributed by atoms with Gasteiger partial charge >= 0.3 is 0 Å². The number of aromatic nitrogens is 3. The molecular formula is C15H18N4O. The minimum atomic E-state index is -0.655. The summed E-state index contributed by atoms with van der Waals surface area (Å²) in [4.78, 5) is 15.7. The van der Waals surface area contributed by atoms with Crippen molar-refractivity contribution in [2.45, 2.75) is 44.2 Å². The number of hydrogen-bond donors (Lipinski definition) is 1. The number of piperidine rings is 1. The van der Waals surface area contributed by atoms with E-state index in [2.05, 4.69) is 19.9 Å². The summed E-state index contributed by atoms with van der Waals surface area (Å²) in [6, 6.07) is 2.05. The zero-order valence-corrected chi connectivity index (χ0v) is 11.6. The Morgan fingerprint density at radius 1 is 1.35 bits per heavy atom. The first-order valence-electron chi connectivity index (χ1n) is 7.24. The van der Waals surface area contributed by atoms with Gasteiger partial charge in [-0.15, -0.1) is 0 Å². The van der Waals surface area contributed by atoms with Gasteiger partial charge in [-0.05, 0) is 38.7 Å². The second kappa shape index (κ2) is 4.12. The number of hydrogen-bond acceptors (Lipinski definition) is 5. The van der Waals surface area contributed by atoms with E-state index in [4.69, 9.17) is 0 Å². The topological polar surface area (TPSA) is 62.1 Å². The fourth-order valence-corrected chi connectivity index (χ4v) is 3.72. The van der Waals surface area contributed by atoms with E-state index in [1.54, 1.807) is 6.33 Å². The number of rotatable bonds is 0. The van der Waals surface area contributed by atoms with Gasteiger partial charge in [0.05, 0.1) is 28.2 Å². The molecule has 0 spiro atoms. The van der Waals surface area contributed by atoms with Crippen LogP contribution in [0.2, 0.25) is 0 Å². The minimum absolute atomic E-state index is 0.114. The molecule has 0 aliphatic carbocycles. The van der Waals surface area contributed by atoms with Crippen LogP contribution in [0, 0.1) is 0 Å². The monoisotopic (exact) mass is 270 g/mol. The lowest BCUT2D eigenvalue weighted by Gasteiger charge is -2.45. The number of aryl methyl sites for hydroxylation is 1. The molecule has 2 aliphatic rings. The smallest absolute Gasteiger partial charge is 0.142 e. The van der Waals surface area contributed by atoms with Gasteiger partial charge in [0.1, 0.15) is 12.1 Å². The molecule has 4 rings (SSSR count). The van der Waals surface area contributed by atoms with Crippen molar-refractivity contribution in [2.75, 3.05) is 11.4 Å². The second-order valence-electron chi connectivity index (χ2n) is 6.06. The van der Waals surface area contributed by atoms with Crippen molar-refractivity contribution in [1.82, 2.24) is 15.0 Å². The Morgan fingerprint density at radius 3 is 3.15 bits per heavy atom. The molecule has 2 aliphatic heterocycles. The van der Waals surface area contributed by atoms with Crippen LogP contribution >= 0.6 is 0 Å². The Kier molecular flexibility index (Phi) is 2.48. The minimum Gasteiger partial charge on any atom is -0.388 e. The van der Waals surface area contributed by atoms with E-state index in [0.717, 1.165) is 54.6 Å². The molecule has 104 valence electrons. The molecule has 0 bridgehead atoms. The predicted molar refractivity (Wildman–Crippen MR) is 76.6 cm³/mol. The molecule has 1 fully saturated rings. The quantitative estimate of drug-likeness (QED) is 0.789. The molecule has 1 N–H and O–H groups in total. The lowest BCUT2D eigenvalue weighted by atomic mass is 9.84. The summed E-state index contributed by atoms with van der Waals surface area (Å²) in [6.45, 7) is 2.90. The average molecular weight is 270 g/mol. The van der Waals surface area contributed by atoms with Gasteiger partial charge in [0.15, 0.2) is 0 Å². The van der Waals surface area contributed by atoms with Crippen molar-refractivity contribution in [3.05, 3.63) is 24.3 Å². The predicted octanol–water partition coefficient (Wildman–Crippen LogP) is 1.69. The molecule has 0 saturated carbocycles. The van der Waals surface area contributed by atoms with Crippen LogP contribution in [0.15, 0.2) is 18.6 Å². The zero-order valence-electron chi connectivity index (χ0n) is 11.6. The lowest BCUT2D eigenvalue weighted by molar-refractivity contribution is 0.00451. The van der Waals surface area contributed by atoms with Crippen LogP contribution < -0.4 is 4.90 Å². The third-order valence-corrected chi connectivity index (χ3v) is 4.71. The van der Waals surface area contributed by atoms with Crippen molar-refractivity contribution >= 4 is 16.7 Å². The molecule has 0 radical (unpaired) electrons. The first kappa shape index (κ1) is 12.0. The maximum atomic E-state index is 10.7. The van der Waals surface area contributed by atoms with Gasteiger partial charge in [-0.3, -0.25) is 4.98 Å². The number of nitrogens with zero attached hydrogens (tertiary/aromatic N) is 4. The largest absolute Gasteiger partial charge is 0.388 e. The van der Waals surface area contributed by atoms with Crippen LogP contribution in [0.5, 0.6) is 0 Å². The van der Waals surface area contributed by atoms with Gasteiger partial charge in [-0.25, -0.2) is 9.97 Å². The highest BCUT2D eigenvalue weighted by Crippen LogP contribution is 2.39. The van der Waals surface area contributed by atoms with E-state index in [9.17, 15) is 5.11 Å². The van der Waals surface area contributed by atoms with Crippen LogP contribution in [0.3, 0.4) is 0 Å². The van der Waals surface area contributed by atoms with Gasteiger partial charge < -0.3 is 10.0 Å². The fraction of sp³-hybridized carbons (Fsp3) is 0.533. The van der Waals surface area contributed by atoms with E-state index >= 15 is 0 Å². The molecule has 4 heterocycles. The maximum Gasteiger partial charge on any atom is 0.142 e. The Labute approximate surface area is 117 Å². The van der Waals surface area contributed by atoms with E-state index in [1.165, 1.54) is 0 Å². The average Bonchev–Trinajstić information content (AvgIpc) is 2.60. The molecule has 0 aromatic carbocycles. The molecule has 0 amide bonds. The Morgan fingerprint density at radius 2 is 2.25 bits per heavy atom. The summed E-state index contributed by atoms with van der Waals surface area (Å²) in [5.41, 5.74) is 1.35. The SMILES string of the molecule is CC1(O)CCCN2c3ncnc4ccnc(c34)CCC21. The molecule has 2 atom stereocenters. The molecule has 5 heteroatoms. The van der Waals surface area contributed by atoms with Gasteiger partial charge in [-0.1, -0.05) is 0 Å².